The molecule has 0 aliphatic heterocycles. The highest BCUT2D eigenvalue weighted by molar-refractivity contribution is 7.80. The first-order valence-corrected chi connectivity index (χ1v) is 14.4. The van der Waals surface area contributed by atoms with E-state index in [0.29, 0.717) is 49.9 Å². The number of benzene rings is 3. The van der Waals surface area contributed by atoms with Gasteiger partial charge in [-0.2, -0.15) is 0 Å². The Hall–Kier alpha value is -2.78. The van der Waals surface area contributed by atoms with E-state index < -0.39 is 0 Å². The van der Waals surface area contributed by atoms with Crippen LogP contribution in [0, 0.1) is 0 Å². The number of hydrogen-bond donors (Lipinski definition) is 4. The van der Waals surface area contributed by atoms with Crippen LogP contribution in [-0.4, -0.2) is 79.8 Å². The minimum Gasteiger partial charge on any atom is -0.506 e. The van der Waals surface area contributed by atoms with Crippen LogP contribution < -0.4 is 11.1 Å². The van der Waals surface area contributed by atoms with Gasteiger partial charge < -0.3 is 30.7 Å². The van der Waals surface area contributed by atoms with Crippen LogP contribution in [0.25, 0.3) is 10.8 Å². The molecule has 3 aromatic rings. The summed E-state index contributed by atoms with van der Waals surface area (Å²) in [7, 11) is 0. The second-order valence-electron chi connectivity index (χ2n) is 9.66. The molecular weight excluding hydrogens is 508 g/mol. The molecule has 0 bridgehead atoms. The van der Waals surface area contributed by atoms with E-state index in [1.165, 1.54) is 16.3 Å². The molecule has 7 nitrogen and oxygen atoms in total. The number of hydrogen-bond acceptors (Lipinski definition) is 7. The highest BCUT2D eigenvalue weighted by Crippen LogP contribution is 2.30. The van der Waals surface area contributed by atoms with Crippen LogP contribution in [0.2, 0.25) is 0 Å². The van der Waals surface area contributed by atoms with Gasteiger partial charge in [-0.05, 0) is 60.4 Å². The highest BCUT2D eigenvalue weighted by Gasteiger charge is 2.15. The number of nitrogens with zero attached hydrogens (tertiary/aromatic N) is 2. The van der Waals surface area contributed by atoms with Gasteiger partial charge in [0.1, 0.15) is 5.75 Å². The van der Waals surface area contributed by atoms with Gasteiger partial charge in [-0.25, -0.2) is 0 Å². The summed E-state index contributed by atoms with van der Waals surface area (Å²) in [6.07, 6.45) is 1.94. The van der Waals surface area contributed by atoms with Crippen molar-refractivity contribution < 1.29 is 14.6 Å². The maximum absolute atomic E-state index is 13.1. The third-order valence-electron chi connectivity index (χ3n) is 7.20. The average Bonchev–Trinajstić information content (AvgIpc) is 2.96. The monoisotopic (exact) mass is 552 g/mol. The molecule has 0 fully saturated rings. The van der Waals surface area contributed by atoms with Crippen molar-refractivity contribution in [1.29, 1.82) is 0 Å². The number of nitrogens with two attached hydrogens (primary N) is 1. The molecule has 1 amide bonds. The van der Waals surface area contributed by atoms with E-state index in [1.807, 2.05) is 11.0 Å². The molecule has 0 saturated carbocycles. The molecule has 3 rings (SSSR count). The summed E-state index contributed by atoms with van der Waals surface area (Å²) >= 11 is 4.43. The first-order chi connectivity index (χ1) is 18.9. The Morgan fingerprint density at radius 2 is 1.69 bits per heavy atom. The van der Waals surface area contributed by atoms with E-state index in [-0.39, 0.29) is 11.7 Å². The largest absolute Gasteiger partial charge is 0.506 e. The van der Waals surface area contributed by atoms with Crippen LogP contribution in [0.1, 0.15) is 31.4 Å². The SMILES string of the molecule is CCN(CC)CCN(CCNCCc1ccc(O)c(N)c1S)C(=O)CCOCCc1cccc2ccccc12. The van der Waals surface area contributed by atoms with Crippen molar-refractivity contribution in [3.8, 4) is 5.75 Å². The van der Waals surface area contributed by atoms with E-state index >= 15 is 0 Å². The third-order valence-corrected chi connectivity index (χ3v) is 7.72. The van der Waals surface area contributed by atoms with Gasteiger partial charge in [0.15, 0.2) is 0 Å². The summed E-state index contributed by atoms with van der Waals surface area (Å²) in [6, 6.07) is 18.2. The number of rotatable bonds is 17. The van der Waals surface area contributed by atoms with Crippen LogP contribution in [0.4, 0.5) is 5.69 Å². The van der Waals surface area contributed by atoms with E-state index in [1.54, 1.807) is 6.07 Å². The summed E-state index contributed by atoms with van der Waals surface area (Å²) in [4.78, 5) is 18.0. The van der Waals surface area contributed by atoms with Gasteiger partial charge in [0, 0.05) is 31.1 Å². The van der Waals surface area contributed by atoms with Gasteiger partial charge in [0.2, 0.25) is 5.91 Å². The van der Waals surface area contributed by atoms with Crippen molar-refractivity contribution >= 4 is 35.0 Å². The highest BCUT2D eigenvalue weighted by atomic mass is 32.1. The number of carbonyl (C=O) groups excluding carboxylic acids is 1. The molecule has 0 aliphatic carbocycles. The molecule has 212 valence electrons. The van der Waals surface area contributed by atoms with Crippen molar-refractivity contribution in [3.05, 3.63) is 65.7 Å². The molecule has 0 heterocycles. The van der Waals surface area contributed by atoms with Gasteiger partial charge in [-0.1, -0.05) is 62.4 Å². The molecule has 0 saturated heterocycles. The number of likely N-dealkylation sites (N-methyl/N-ethyl adjacent to an activating group) is 1. The van der Waals surface area contributed by atoms with Crippen LogP contribution in [0.15, 0.2) is 59.5 Å². The van der Waals surface area contributed by atoms with Crippen molar-refractivity contribution in [3.63, 3.8) is 0 Å². The number of phenols is 1. The molecule has 8 heteroatoms. The molecular formula is C31H44N4O3S. The molecule has 39 heavy (non-hydrogen) atoms. The van der Waals surface area contributed by atoms with Crippen molar-refractivity contribution in [1.82, 2.24) is 15.1 Å². The lowest BCUT2D eigenvalue weighted by molar-refractivity contribution is -0.132. The molecule has 0 unspecified atom stereocenters. The van der Waals surface area contributed by atoms with Crippen LogP contribution in [-0.2, 0) is 22.4 Å². The lowest BCUT2D eigenvalue weighted by Crippen LogP contribution is -2.42. The lowest BCUT2D eigenvalue weighted by Gasteiger charge is -2.27. The fraction of sp³-hybridized carbons (Fsp3) is 0.452. The zero-order valence-corrected chi connectivity index (χ0v) is 24.3. The van der Waals surface area contributed by atoms with Gasteiger partial charge in [-0.15, -0.1) is 12.6 Å². The first-order valence-electron chi connectivity index (χ1n) is 14.0. The first kappa shape index (κ1) is 30.8. The van der Waals surface area contributed by atoms with E-state index in [2.05, 4.69) is 79.2 Å². The molecule has 0 aliphatic rings. The number of phenolic OH excluding ortho intramolecular Hbond substituents is 1. The topological polar surface area (TPSA) is 91.1 Å². The number of anilines is 1. The van der Waals surface area contributed by atoms with Crippen LogP contribution in [0.3, 0.4) is 0 Å². The smallest absolute Gasteiger partial charge is 0.224 e. The van der Waals surface area contributed by atoms with Crippen LogP contribution in [0.5, 0.6) is 5.75 Å². The Morgan fingerprint density at radius 3 is 2.49 bits per heavy atom. The van der Waals surface area contributed by atoms with E-state index in [9.17, 15) is 9.90 Å². The fourth-order valence-electron chi connectivity index (χ4n) is 4.68. The zero-order chi connectivity index (χ0) is 28.0. The number of nitrogens with one attached hydrogen (secondary N) is 1. The predicted octanol–water partition coefficient (Wildman–Crippen LogP) is 4.37. The summed E-state index contributed by atoms with van der Waals surface area (Å²) < 4.78 is 5.89. The average molecular weight is 553 g/mol. The number of fused-ring (bicyclic) bond motifs is 1. The maximum atomic E-state index is 13.1. The molecule has 0 atom stereocenters. The number of thiol groups is 1. The molecule has 0 spiro atoms. The minimum absolute atomic E-state index is 0.0524. The Balaban J connectivity index is 1.43. The normalized spacial score (nSPS) is 11.4. The second kappa shape index (κ2) is 16.4. The standard InChI is InChI=1S/C31H44N4O3S/c1-3-34(4-2)20-21-35(19-18-33-17-14-26-12-13-28(36)30(32)31(26)39)29(37)16-23-38-22-15-25-10-7-9-24-8-5-6-11-27(24)25/h5-13,33,36,39H,3-4,14-23,32H2,1-2H3. The summed E-state index contributed by atoms with van der Waals surface area (Å²) in [6.45, 7) is 10.9. The van der Waals surface area contributed by atoms with Crippen molar-refractivity contribution in [2.24, 2.45) is 0 Å². The quantitative estimate of drug-likeness (QED) is 0.0861. The van der Waals surface area contributed by atoms with E-state index in [4.69, 9.17) is 10.5 Å². The van der Waals surface area contributed by atoms with Gasteiger partial charge in [0.25, 0.3) is 0 Å². The van der Waals surface area contributed by atoms with Crippen molar-refractivity contribution in [2.75, 3.05) is 64.8 Å². The number of amides is 1. The number of nitrogen functional groups attached to an aromatic ring is 1. The van der Waals surface area contributed by atoms with Gasteiger partial charge in [-0.3, -0.25) is 4.79 Å². The summed E-state index contributed by atoms with van der Waals surface area (Å²) in [5.74, 6) is 0.176. The molecule has 0 aromatic heterocycles. The van der Waals surface area contributed by atoms with E-state index in [0.717, 1.165) is 44.6 Å². The maximum Gasteiger partial charge on any atom is 0.224 e. The van der Waals surface area contributed by atoms with Gasteiger partial charge >= 0.3 is 0 Å². The number of carbonyl (C=O) groups is 1. The lowest BCUT2D eigenvalue weighted by atomic mass is 10.0. The molecule has 3 aromatic carbocycles. The molecule has 0 radical (unpaired) electrons. The van der Waals surface area contributed by atoms with Gasteiger partial charge in [0.05, 0.1) is 25.3 Å². The number of aromatic hydroxyl groups is 1. The van der Waals surface area contributed by atoms with Crippen LogP contribution >= 0.6 is 12.6 Å². The Labute approximate surface area is 238 Å². The Bertz CT molecular complexity index is 1180. The Kier molecular flexibility index (Phi) is 12.9. The fourth-order valence-corrected chi connectivity index (χ4v) is 4.98. The zero-order valence-electron chi connectivity index (χ0n) is 23.4. The summed E-state index contributed by atoms with van der Waals surface area (Å²) in [5.41, 5.74) is 8.43. The second-order valence-corrected chi connectivity index (χ2v) is 10.1. The van der Waals surface area contributed by atoms with Crippen molar-refractivity contribution in [2.45, 2.75) is 38.0 Å². The Morgan fingerprint density at radius 1 is 0.923 bits per heavy atom. The summed E-state index contributed by atoms with van der Waals surface area (Å²) in [5, 5.41) is 15.6. The minimum atomic E-state index is 0.0524. The number of ether oxygens (including phenoxy) is 1. The predicted molar refractivity (Wildman–Crippen MR) is 164 cm³/mol. The molecule has 4 N–H and O–H groups in total. The third kappa shape index (κ3) is 9.42.